The number of nitrogens with zero attached hydrogens (tertiary/aromatic N) is 1. The van der Waals surface area contributed by atoms with E-state index in [1.807, 2.05) is 0 Å². The molecule has 0 unspecified atom stereocenters. The van der Waals surface area contributed by atoms with Crippen LogP contribution in [0.2, 0.25) is 0 Å². The molecule has 52 valence electrons. The molecule has 9 heavy (non-hydrogen) atoms. The van der Waals surface area contributed by atoms with Crippen molar-refractivity contribution in [3.63, 3.8) is 0 Å². The van der Waals surface area contributed by atoms with Crippen LogP contribution in [0.3, 0.4) is 0 Å². The molecule has 0 aromatic heterocycles. The van der Waals surface area contributed by atoms with Crippen molar-refractivity contribution in [1.29, 1.82) is 0 Å². The minimum atomic E-state index is -1.17. The van der Waals surface area contributed by atoms with Crippen LogP contribution in [0.4, 0.5) is 0 Å². The highest BCUT2D eigenvalue weighted by Crippen LogP contribution is 1.95. The molecular formula is C5H9NO3. The van der Waals surface area contributed by atoms with Crippen LogP contribution in [0.1, 0.15) is 13.8 Å². The summed E-state index contributed by atoms with van der Waals surface area (Å²) in [5.41, 5.74) is -0.213. The number of hydrogen-bond donors (Lipinski definition) is 2. The predicted octanol–water partition coefficient (Wildman–Crippen LogP) is 0.557. The first kappa shape index (κ1) is 7.94. The molecule has 0 aromatic rings. The van der Waals surface area contributed by atoms with Crippen LogP contribution in [0.25, 0.3) is 0 Å². The number of hydrogen-bond acceptors (Lipinski definition) is 3. The van der Waals surface area contributed by atoms with E-state index in [1.165, 1.54) is 0 Å². The lowest BCUT2D eigenvalue weighted by Gasteiger charge is -1.99. The Labute approximate surface area is 52.8 Å². The second-order valence-electron chi connectivity index (χ2n) is 1.95. The molecule has 0 rings (SSSR count). The van der Waals surface area contributed by atoms with Gasteiger partial charge in [0.2, 0.25) is 0 Å². The van der Waals surface area contributed by atoms with E-state index in [0.29, 0.717) is 0 Å². The summed E-state index contributed by atoms with van der Waals surface area (Å²) in [6.07, 6.45) is 0. The van der Waals surface area contributed by atoms with Crippen molar-refractivity contribution in [2.24, 2.45) is 11.1 Å². The number of carboxylic acid groups (broad SMARTS) is 1. The van der Waals surface area contributed by atoms with E-state index in [4.69, 9.17) is 10.3 Å². The third kappa shape index (κ3) is 2.12. The summed E-state index contributed by atoms with van der Waals surface area (Å²) < 4.78 is 0. The Morgan fingerprint density at radius 3 is 2.00 bits per heavy atom. The molecule has 0 saturated heterocycles. The molecule has 0 aromatic carbocycles. The molecule has 0 atom stereocenters. The molecule has 0 aliphatic rings. The Hall–Kier alpha value is -1.06. The van der Waals surface area contributed by atoms with Gasteiger partial charge in [-0.15, -0.1) is 0 Å². The zero-order valence-electron chi connectivity index (χ0n) is 5.33. The monoisotopic (exact) mass is 131 g/mol. The number of oxime groups is 1. The summed E-state index contributed by atoms with van der Waals surface area (Å²) in [5.74, 6) is -1.42. The summed E-state index contributed by atoms with van der Waals surface area (Å²) in [6, 6.07) is 0. The standard InChI is InChI=1S/C5H9NO3/c1-3(2)4(6-9)5(7)8/h3,9H,1-2H3,(H,7,8). The van der Waals surface area contributed by atoms with E-state index >= 15 is 0 Å². The first-order valence-corrected chi connectivity index (χ1v) is 2.54. The number of aliphatic carboxylic acids is 1. The molecule has 0 radical (unpaired) electrons. The van der Waals surface area contributed by atoms with E-state index < -0.39 is 5.97 Å². The molecule has 0 heterocycles. The largest absolute Gasteiger partial charge is 0.477 e. The second kappa shape index (κ2) is 3.06. The van der Waals surface area contributed by atoms with Gasteiger partial charge in [0.15, 0.2) is 5.71 Å². The molecule has 0 bridgehead atoms. The van der Waals surface area contributed by atoms with Crippen molar-refractivity contribution in [2.75, 3.05) is 0 Å². The Balaban J connectivity index is 4.19. The van der Waals surface area contributed by atoms with Crippen LogP contribution in [0.5, 0.6) is 0 Å². The van der Waals surface area contributed by atoms with Crippen LogP contribution < -0.4 is 0 Å². The number of carbonyl (C=O) groups is 1. The smallest absolute Gasteiger partial charge is 0.353 e. The van der Waals surface area contributed by atoms with Gasteiger partial charge in [-0.1, -0.05) is 19.0 Å². The van der Waals surface area contributed by atoms with Gasteiger partial charge >= 0.3 is 5.97 Å². The lowest BCUT2D eigenvalue weighted by molar-refractivity contribution is -0.129. The van der Waals surface area contributed by atoms with E-state index in [-0.39, 0.29) is 11.6 Å². The van der Waals surface area contributed by atoms with Crippen LogP contribution in [0.15, 0.2) is 5.16 Å². The van der Waals surface area contributed by atoms with Crippen molar-refractivity contribution < 1.29 is 15.1 Å². The SMILES string of the molecule is CC(C)C(=NO)C(=O)O. The Kier molecular flexibility index (Phi) is 2.70. The number of rotatable bonds is 2. The fourth-order valence-corrected chi connectivity index (χ4v) is 0.405. The van der Waals surface area contributed by atoms with Crippen molar-refractivity contribution in [3.05, 3.63) is 0 Å². The third-order valence-electron chi connectivity index (χ3n) is 0.874. The zero-order valence-corrected chi connectivity index (χ0v) is 5.33. The zero-order chi connectivity index (χ0) is 7.44. The molecule has 0 aliphatic carbocycles. The van der Waals surface area contributed by atoms with Gasteiger partial charge in [-0.25, -0.2) is 4.79 Å². The first-order chi connectivity index (χ1) is 4.09. The minimum absolute atomic E-state index is 0.213. The maximum atomic E-state index is 10.1. The van der Waals surface area contributed by atoms with Gasteiger partial charge < -0.3 is 10.3 Å². The molecule has 4 nitrogen and oxygen atoms in total. The van der Waals surface area contributed by atoms with Gasteiger partial charge in [-0.05, 0) is 0 Å². The lowest BCUT2D eigenvalue weighted by Crippen LogP contribution is -2.18. The highest BCUT2D eigenvalue weighted by atomic mass is 16.4. The Morgan fingerprint density at radius 2 is 2.00 bits per heavy atom. The molecule has 0 saturated carbocycles. The summed E-state index contributed by atoms with van der Waals surface area (Å²) in [5, 5.41) is 18.9. The molecule has 0 aliphatic heterocycles. The summed E-state index contributed by atoms with van der Waals surface area (Å²) >= 11 is 0. The van der Waals surface area contributed by atoms with Gasteiger partial charge in [0.1, 0.15) is 0 Å². The normalized spacial score (nSPS) is 12.1. The van der Waals surface area contributed by atoms with Gasteiger partial charge in [0.05, 0.1) is 0 Å². The highest BCUT2D eigenvalue weighted by molar-refractivity contribution is 6.36. The van der Waals surface area contributed by atoms with Crippen molar-refractivity contribution in [1.82, 2.24) is 0 Å². The predicted molar refractivity (Wildman–Crippen MR) is 31.7 cm³/mol. The van der Waals surface area contributed by atoms with E-state index in [2.05, 4.69) is 5.16 Å². The maximum absolute atomic E-state index is 10.1. The molecule has 4 heteroatoms. The lowest BCUT2D eigenvalue weighted by atomic mass is 10.1. The number of carboxylic acids is 1. The fraction of sp³-hybridized carbons (Fsp3) is 0.600. The molecule has 0 amide bonds. The summed E-state index contributed by atoms with van der Waals surface area (Å²) in [4.78, 5) is 10.1. The van der Waals surface area contributed by atoms with E-state index in [1.54, 1.807) is 13.8 Å². The summed E-state index contributed by atoms with van der Waals surface area (Å²) in [7, 11) is 0. The quantitative estimate of drug-likeness (QED) is 0.326. The van der Waals surface area contributed by atoms with Gasteiger partial charge in [0.25, 0.3) is 0 Å². The van der Waals surface area contributed by atoms with Gasteiger partial charge in [0, 0.05) is 5.92 Å². The van der Waals surface area contributed by atoms with Crippen LogP contribution in [0, 0.1) is 5.92 Å². The van der Waals surface area contributed by atoms with Crippen LogP contribution in [-0.4, -0.2) is 22.0 Å². The van der Waals surface area contributed by atoms with Gasteiger partial charge in [-0.2, -0.15) is 0 Å². The molecule has 0 spiro atoms. The molecular weight excluding hydrogens is 122 g/mol. The van der Waals surface area contributed by atoms with Gasteiger partial charge in [-0.3, -0.25) is 0 Å². The highest BCUT2D eigenvalue weighted by Gasteiger charge is 2.13. The molecule has 2 N–H and O–H groups in total. The van der Waals surface area contributed by atoms with Crippen molar-refractivity contribution >= 4 is 11.7 Å². The fourth-order valence-electron chi connectivity index (χ4n) is 0.405. The minimum Gasteiger partial charge on any atom is -0.477 e. The third-order valence-corrected chi connectivity index (χ3v) is 0.874. The second-order valence-corrected chi connectivity index (χ2v) is 1.95. The Morgan fingerprint density at radius 1 is 1.56 bits per heavy atom. The first-order valence-electron chi connectivity index (χ1n) is 2.54. The van der Waals surface area contributed by atoms with Crippen LogP contribution in [-0.2, 0) is 4.79 Å². The topological polar surface area (TPSA) is 69.9 Å². The van der Waals surface area contributed by atoms with Crippen molar-refractivity contribution in [3.8, 4) is 0 Å². The van der Waals surface area contributed by atoms with E-state index in [0.717, 1.165) is 0 Å². The summed E-state index contributed by atoms with van der Waals surface area (Å²) in [6.45, 7) is 3.28. The van der Waals surface area contributed by atoms with Crippen LogP contribution >= 0.6 is 0 Å². The van der Waals surface area contributed by atoms with E-state index in [9.17, 15) is 4.79 Å². The van der Waals surface area contributed by atoms with Crippen molar-refractivity contribution in [2.45, 2.75) is 13.8 Å². The Bertz CT molecular complexity index is 139. The average molecular weight is 131 g/mol. The average Bonchev–Trinajstić information content (AvgIpc) is 1.64. The maximum Gasteiger partial charge on any atom is 0.353 e. The molecule has 0 fully saturated rings.